The molecule has 0 aliphatic rings. The van der Waals surface area contributed by atoms with Gasteiger partial charge in [-0.25, -0.2) is 9.67 Å². The van der Waals surface area contributed by atoms with Gasteiger partial charge in [-0.05, 0) is 25.5 Å². The molecule has 0 unspecified atom stereocenters. The molecule has 0 aliphatic carbocycles. The number of carbonyl (C=O) groups is 1. The van der Waals surface area contributed by atoms with Crippen LogP contribution in [-0.4, -0.2) is 30.9 Å². The predicted molar refractivity (Wildman–Crippen MR) is 92.6 cm³/mol. The number of carbonyl (C=O) groups excluding carboxylic acids is 1. The Morgan fingerprint density at radius 3 is 2.96 bits per heavy atom. The van der Waals surface area contributed by atoms with E-state index in [-0.39, 0.29) is 5.91 Å². The fourth-order valence-corrected chi connectivity index (χ4v) is 3.02. The first kappa shape index (κ1) is 16.3. The average Bonchev–Trinajstić information content (AvgIpc) is 3.20. The molecule has 0 atom stereocenters. The minimum atomic E-state index is -0.243. The molecule has 3 aromatic heterocycles. The quantitative estimate of drug-likeness (QED) is 0.744. The van der Waals surface area contributed by atoms with Crippen molar-refractivity contribution in [1.29, 1.82) is 0 Å². The molecule has 124 valence electrons. The molecule has 3 heterocycles. The number of aromatic nitrogens is 5. The Kier molecular flexibility index (Phi) is 4.95. The van der Waals surface area contributed by atoms with Crippen molar-refractivity contribution in [3.63, 3.8) is 0 Å². The second-order valence-electron chi connectivity index (χ2n) is 5.30. The molecule has 0 radical (unpaired) electrons. The van der Waals surface area contributed by atoms with Crippen LogP contribution in [0.5, 0.6) is 0 Å². The third-order valence-electron chi connectivity index (χ3n) is 3.55. The smallest absolute Gasteiger partial charge is 0.260 e. The maximum atomic E-state index is 12.5. The number of hydrogen-bond donors (Lipinski definition) is 1. The molecule has 0 aliphatic heterocycles. The molecule has 1 amide bonds. The molecule has 0 saturated carbocycles. The minimum absolute atomic E-state index is 0.243. The van der Waals surface area contributed by atoms with Gasteiger partial charge in [-0.3, -0.25) is 10.1 Å². The maximum absolute atomic E-state index is 12.5. The second kappa shape index (κ2) is 7.31. The average molecular weight is 342 g/mol. The third-order valence-corrected chi connectivity index (χ3v) is 4.45. The van der Waals surface area contributed by atoms with Crippen LogP contribution in [0.1, 0.15) is 40.8 Å². The molecule has 0 bridgehead atoms. The summed E-state index contributed by atoms with van der Waals surface area (Å²) in [4.78, 5) is 16.7. The number of rotatable bonds is 6. The van der Waals surface area contributed by atoms with Crippen LogP contribution >= 0.6 is 11.3 Å². The van der Waals surface area contributed by atoms with Gasteiger partial charge in [0.25, 0.3) is 5.91 Å². The summed E-state index contributed by atoms with van der Waals surface area (Å²) in [5.41, 5.74) is 1.22. The van der Waals surface area contributed by atoms with E-state index in [1.54, 1.807) is 17.1 Å². The zero-order valence-electron chi connectivity index (χ0n) is 13.6. The summed E-state index contributed by atoms with van der Waals surface area (Å²) in [7, 11) is 0. The van der Waals surface area contributed by atoms with Crippen LogP contribution in [0.25, 0.3) is 5.82 Å². The summed E-state index contributed by atoms with van der Waals surface area (Å²) < 4.78 is 1.64. The number of nitrogens with zero attached hydrogens (tertiary/aromatic N) is 5. The van der Waals surface area contributed by atoms with Gasteiger partial charge in [0, 0.05) is 12.6 Å². The van der Waals surface area contributed by atoms with Crippen LogP contribution in [0.15, 0.2) is 30.6 Å². The molecular weight excluding hydrogens is 324 g/mol. The standard InChI is InChI=1S/C16H18N6OS/c1-3-4-8-14-20-21-16(24-14)19-15(23)12-10-18-22(11(12)2)13-7-5-6-9-17-13/h5-7,9-10H,3-4,8H2,1-2H3,(H,19,21,23). The van der Waals surface area contributed by atoms with E-state index in [4.69, 9.17) is 0 Å². The van der Waals surface area contributed by atoms with E-state index in [1.807, 2.05) is 25.1 Å². The lowest BCUT2D eigenvalue weighted by atomic mass is 10.2. The molecule has 8 heteroatoms. The molecule has 3 rings (SSSR count). The van der Waals surface area contributed by atoms with E-state index < -0.39 is 0 Å². The first-order valence-corrected chi connectivity index (χ1v) is 8.60. The summed E-state index contributed by atoms with van der Waals surface area (Å²) in [6, 6.07) is 5.55. The van der Waals surface area contributed by atoms with Crippen LogP contribution in [0.4, 0.5) is 5.13 Å². The Labute approximate surface area is 143 Å². The van der Waals surface area contributed by atoms with E-state index in [1.165, 1.54) is 11.3 Å². The van der Waals surface area contributed by atoms with Crippen molar-refractivity contribution in [1.82, 2.24) is 25.0 Å². The van der Waals surface area contributed by atoms with Gasteiger partial charge in [0.1, 0.15) is 5.01 Å². The highest BCUT2D eigenvalue weighted by Gasteiger charge is 2.17. The van der Waals surface area contributed by atoms with Crippen molar-refractivity contribution in [2.75, 3.05) is 5.32 Å². The van der Waals surface area contributed by atoms with Gasteiger partial charge in [-0.15, -0.1) is 10.2 Å². The van der Waals surface area contributed by atoms with Crippen LogP contribution in [0, 0.1) is 6.92 Å². The molecule has 3 aromatic rings. The highest BCUT2D eigenvalue weighted by Crippen LogP contribution is 2.19. The van der Waals surface area contributed by atoms with Crippen molar-refractivity contribution in [2.24, 2.45) is 0 Å². The molecule has 0 aromatic carbocycles. The van der Waals surface area contributed by atoms with Crippen LogP contribution in [0.2, 0.25) is 0 Å². The zero-order chi connectivity index (χ0) is 16.9. The van der Waals surface area contributed by atoms with E-state index >= 15 is 0 Å². The van der Waals surface area contributed by atoms with Crippen molar-refractivity contribution in [3.05, 3.63) is 46.9 Å². The number of pyridine rings is 1. The topological polar surface area (TPSA) is 85.6 Å². The van der Waals surface area contributed by atoms with Gasteiger partial charge in [0.15, 0.2) is 5.82 Å². The predicted octanol–water partition coefficient (Wildman–Crippen LogP) is 3.02. The zero-order valence-corrected chi connectivity index (χ0v) is 14.4. The normalized spacial score (nSPS) is 10.8. The number of unbranched alkanes of at least 4 members (excludes halogenated alkanes) is 1. The Hall–Kier alpha value is -2.61. The molecule has 1 N–H and O–H groups in total. The van der Waals surface area contributed by atoms with E-state index in [9.17, 15) is 4.79 Å². The van der Waals surface area contributed by atoms with Gasteiger partial charge >= 0.3 is 0 Å². The molecule has 24 heavy (non-hydrogen) atoms. The van der Waals surface area contributed by atoms with Crippen molar-refractivity contribution < 1.29 is 4.79 Å². The van der Waals surface area contributed by atoms with Crippen LogP contribution in [-0.2, 0) is 6.42 Å². The van der Waals surface area contributed by atoms with Crippen LogP contribution < -0.4 is 5.32 Å². The van der Waals surface area contributed by atoms with Crippen molar-refractivity contribution in [2.45, 2.75) is 33.1 Å². The van der Waals surface area contributed by atoms with E-state index in [2.05, 4.69) is 32.5 Å². The van der Waals surface area contributed by atoms with Crippen molar-refractivity contribution >= 4 is 22.4 Å². The SMILES string of the molecule is CCCCc1nnc(NC(=O)c2cnn(-c3ccccn3)c2C)s1. The molecule has 0 saturated heterocycles. The van der Waals surface area contributed by atoms with E-state index in [0.717, 1.165) is 30.0 Å². The fourth-order valence-electron chi connectivity index (χ4n) is 2.24. The minimum Gasteiger partial charge on any atom is -0.296 e. The Bertz CT molecular complexity index is 826. The van der Waals surface area contributed by atoms with Gasteiger partial charge in [-0.2, -0.15) is 5.10 Å². The lowest BCUT2D eigenvalue weighted by molar-refractivity contribution is 0.102. The lowest BCUT2D eigenvalue weighted by Gasteiger charge is -2.04. The maximum Gasteiger partial charge on any atom is 0.260 e. The largest absolute Gasteiger partial charge is 0.296 e. The summed E-state index contributed by atoms with van der Waals surface area (Å²) in [6.07, 6.45) is 6.29. The fraction of sp³-hybridized carbons (Fsp3) is 0.312. The summed E-state index contributed by atoms with van der Waals surface area (Å²) in [5.74, 6) is 0.430. The summed E-state index contributed by atoms with van der Waals surface area (Å²) in [6.45, 7) is 3.97. The highest BCUT2D eigenvalue weighted by molar-refractivity contribution is 7.15. The number of amides is 1. The lowest BCUT2D eigenvalue weighted by Crippen LogP contribution is -2.13. The molecule has 0 spiro atoms. The third kappa shape index (κ3) is 3.48. The highest BCUT2D eigenvalue weighted by atomic mass is 32.1. The summed E-state index contributed by atoms with van der Waals surface area (Å²) >= 11 is 1.41. The number of anilines is 1. The number of nitrogens with one attached hydrogen (secondary N) is 1. The molecule has 0 fully saturated rings. The Morgan fingerprint density at radius 1 is 1.33 bits per heavy atom. The first-order valence-electron chi connectivity index (χ1n) is 7.78. The summed E-state index contributed by atoms with van der Waals surface area (Å²) in [5, 5.41) is 16.6. The van der Waals surface area contributed by atoms with Gasteiger partial charge < -0.3 is 0 Å². The van der Waals surface area contributed by atoms with Crippen molar-refractivity contribution in [3.8, 4) is 5.82 Å². The van der Waals surface area contributed by atoms with Gasteiger partial charge in [0.2, 0.25) is 5.13 Å². The number of aryl methyl sites for hydroxylation is 1. The Balaban J connectivity index is 1.74. The molecular formula is C16H18N6OS. The molecule has 7 nitrogen and oxygen atoms in total. The van der Waals surface area contributed by atoms with Gasteiger partial charge in [0.05, 0.1) is 17.5 Å². The Morgan fingerprint density at radius 2 is 2.21 bits per heavy atom. The first-order chi connectivity index (χ1) is 11.7. The second-order valence-corrected chi connectivity index (χ2v) is 6.36. The monoisotopic (exact) mass is 342 g/mol. The van der Waals surface area contributed by atoms with E-state index in [0.29, 0.717) is 16.5 Å². The van der Waals surface area contributed by atoms with Gasteiger partial charge in [-0.1, -0.05) is 30.7 Å². The van der Waals surface area contributed by atoms with Crippen LogP contribution in [0.3, 0.4) is 0 Å². The number of hydrogen-bond acceptors (Lipinski definition) is 6.